The van der Waals surface area contributed by atoms with E-state index in [1.165, 1.54) is 11.3 Å². The monoisotopic (exact) mass is 151 g/mol. The summed E-state index contributed by atoms with van der Waals surface area (Å²) in [5.74, 6) is 0. The molecule has 0 unspecified atom stereocenters. The summed E-state index contributed by atoms with van der Waals surface area (Å²) < 4.78 is 0. The van der Waals surface area contributed by atoms with E-state index < -0.39 is 0 Å². The van der Waals surface area contributed by atoms with Crippen LogP contribution in [0, 0.1) is 11.3 Å². The van der Waals surface area contributed by atoms with Crippen molar-refractivity contribution in [2.45, 2.75) is 6.42 Å². The molecular weight excluding hydrogens is 146 g/mol. The highest BCUT2D eigenvalue weighted by Gasteiger charge is 2.00. The minimum Gasteiger partial charge on any atom is -0.303 e. The molecule has 0 aliphatic rings. The van der Waals surface area contributed by atoms with Gasteiger partial charge in [0.05, 0.1) is 5.56 Å². The zero-order valence-electron chi connectivity index (χ0n) is 5.20. The maximum Gasteiger partial charge on any atom is 0.125 e. The molecule has 1 rings (SSSR count). The molecule has 0 saturated heterocycles. The molecule has 0 saturated carbocycles. The Bertz CT molecular complexity index is 271. The van der Waals surface area contributed by atoms with E-state index in [9.17, 15) is 4.79 Å². The smallest absolute Gasteiger partial charge is 0.125 e. The van der Waals surface area contributed by atoms with E-state index in [1.807, 2.05) is 11.4 Å². The van der Waals surface area contributed by atoms with Crippen molar-refractivity contribution in [3.8, 4) is 6.07 Å². The van der Waals surface area contributed by atoms with Crippen LogP contribution >= 0.6 is 11.3 Å². The molecule has 2 nitrogen and oxygen atoms in total. The lowest BCUT2D eigenvalue weighted by Crippen LogP contribution is -1.82. The molecule has 1 aromatic rings. The number of thiophene rings is 1. The fourth-order valence-electron chi connectivity index (χ4n) is 0.674. The van der Waals surface area contributed by atoms with Crippen LogP contribution in [0.1, 0.15) is 10.4 Å². The van der Waals surface area contributed by atoms with Gasteiger partial charge in [-0.2, -0.15) is 5.26 Å². The van der Waals surface area contributed by atoms with Gasteiger partial charge in [0.15, 0.2) is 0 Å². The van der Waals surface area contributed by atoms with Crippen LogP contribution in [0.2, 0.25) is 0 Å². The minimum absolute atomic E-state index is 0.362. The predicted molar refractivity (Wildman–Crippen MR) is 38.8 cm³/mol. The summed E-state index contributed by atoms with van der Waals surface area (Å²) in [7, 11) is 0. The van der Waals surface area contributed by atoms with Gasteiger partial charge in [0, 0.05) is 11.3 Å². The number of carbonyl (C=O) groups is 1. The molecule has 0 N–H and O–H groups in total. The molecular formula is C7H5NOS. The zero-order valence-corrected chi connectivity index (χ0v) is 6.02. The molecule has 0 aliphatic heterocycles. The van der Waals surface area contributed by atoms with Crippen LogP contribution in [0.5, 0.6) is 0 Å². The number of rotatable bonds is 2. The quantitative estimate of drug-likeness (QED) is 0.599. The lowest BCUT2D eigenvalue weighted by Gasteiger charge is -1.84. The van der Waals surface area contributed by atoms with Crippen molar-refractivity contribution < 1.29 is 4.79 Å². The van der Waals surface area contributed by atoms with Crippen LogP contribution in [0.25, 0.3) is 0 Å². The van der Waals surface area contributed by atoms with Crippen molar-refractivity contribution in [1.29, 1.82) is 5.26 Å². The van der Waals surface area contributed by atoms with E-state index in [4.69, 9.17) is 5.26 Å². The molecule has 0 amide bonds. The topological polar surface area (TPSA) is 40.9 Å². The second-order valence-electron chi connectivity index (χ2n) is 1.74. The van der Waals surface area contributed by atoms with Crippen molar-refractivity contribution >= 4 is 17.6 Å². The van der Waals surface area contributed by atoms with Gasteiger partial charge in [-0.3, -0.25) is 0 Å². The highest BCUT2D eigenvalue weighted by molar-refractivity contribution is 7.10. The van der Waals surface area contributed by atoms with Crippen molar-refractivity contribution in [3.05, 3.63) is 21.9 Å². The van der Waals surface area contributed by atoms with Crippen molar-refractivity contribution in [3.63, 3.8) is 0 Å². The molecule has 0 atom stereocenters. The molecule has 0 spiro atoms. The van der Waals surface area contributed by atoms with Gasteiger partial charge in [0.25, 0.3) is 0 Å². The van der Waals surface area contributed by atoms with Gasteiger partial charge >= 0.3 is 0 Å². The summed E-state index contributed by atoms with van der Waals surface area (Å²) in [4.78, 5) is 10.9. The highest BCUT2D eigenvalue weighted by atomic mass is 32.1. The normalized spacial score (nSPS) is 8.70. The molecule has 0 radical (unpaired) electrons. The van der Waals surface area contributed by atoms with Crippen LogP contribution in [-0.4, -0.2) is 6.29 Å². The molecule has 0 aliphatic carbocycles. The van der Waals surface area contributed by atoms with E-state index >= 15 is 0 Å². The van der Waals surface area contributed by atoms with Gasteiger partial charge in [-0.05, 0) is 11.4 Å². The van der Waals surface area contributed by atoms with E-state index in [0.29, 0.717) is 12.0 Å². The Labute approximate surface area is 62.7 Å². The standard InChI is InChI=1S/C7H5NOS/c8-5-6-2-4-10-7(6)1-3-9/h2-4H,1H2. The van der Waals surface area contributed by atoms with E-state index in [-0.39, 0.29) is 0 Å². The lowest BCUT2D eigenvalue weighted by molar-refractivity contribution is -0.107. The zero-order chi connectivity index (χ0) is 7.40. The summed E-state index contributed by atoms with van der Waals surface area (Å²) in [6.07, 6.45) is 1.17. The summed E-state index contributed by atoms with van der Waals surface area (Å²) >= 11 is 1.44. The van der Waals surface area contributed by atoms with E-state index in [0.717, 1.165) is 11.2 Å². The third kappa shape index (κ3) is 1.23. The van der Waals surface area contributed by atoms with Gasteiger partial charge in [0.1, 0.15) is 12.4 Å². The van der Waals surface area contributed by atoms with E-state index in [1.54, 1.807) is 6.07 Å². The van der Waals surface area contributed by atoms with Gasteiger partial charge < -0.3 is 4.79 Å². The fourth-order valence-corrected chi connectivity index (χ4v) is 1.45. The Hall–Kier alpha value is -1.14. The van der Waals surface area contributed by atoms with Crippen LogP contribution in [0.15, 0.2) is 11.4 Å². The fraction of sp³-hybridized carbons (Fsp3) is 0.143. The van der Waals surface area contributed by atoms with Crippen LogP contribution in [0.4, 0.5) is 0 Å². The molecule has 0 bridgehead atoms. The van der Waals surface area contributed by atoms with Crippen molar-refractivity contribution in [1.82, 2.24) is 0 Å². The summed E-state index contributed by atoms with van der Waals surface area (Å²) in [6, 6.07) is 3.74. The van der Waals surface area contributed by atoms with Crippen molar-refractivity contribution in [2.75, 3.05) is 0 Å². The van der Waals surface area contributed by atoms with Crippen LogP contribution < -0.4 is 0 Å². The Morgan fingerprint density at radius 3 is 3.20 bits per heavy atom. The van der Waals surface area contributed by atoms with Crippen molar-refractivity contribution in [2.24, 2.45) is 0 Å². The average molecular weight is 151 g/mol. The molecule has 10 heavy (non-hydrogen) atoms. The molecule has 1 aromatic heterocycles. The number of carbonyl (C=O) groups excluding carboxylic acids is 1. The minimum atomic E-state index is 0.362. The largest absolute Gasteiger partial charge is 0.303 e. The molecule has 50 valence electrons. The first-order valence-corrected chi connectivity index (χ1v) is 3.66. The second-order valence-corrected chi connectivity index (χ2v) is 2.74. The van der Waals surface area contributed by atoms with Crippen LogP contribution in [-0.2, 0) is 11.2 Å². The summed E-state index contributed by atoms with van der Waals surface area (Å²) in [6.45, 7) is 0. The Morgan fingerprint density at radius 1 is 1.80 bits per heavy atom. The number of hydrogen-bond acceptors (Lipinski definition) is 3. The Balaban J connectivity index is 2.92. The average Bonchev–Trinajstić information content (AvgIpc) is 2.36. The maximum atomic E-state index is 10.0. The van der Waals surface area contributed by atoms with Gasteiger partial charge in [-0.1, -0.05) is 0 Å². The second kappa shape index (κ2) is 3.14. The third-order valence-corrected chi connectivity index (χ3v) is 2.08. The number of nitriles is 1. The van der Waals surface area contributed by atoms with Gasteiger partial charge in [-0.25, -0.2) is 0 Å². The maximum absolute atomic E-state index is 10.0. The number of aldehydes is 1. The summed E-state index contributed by atoms with van der Waals surface area (Å²) in [5, 5.41) is 10.3. The molecule has 0 aromatic carbocycles. The van der Waals surface area contributed by atoms with E-state index in [2.05, 4.69) is 0 Å². The number of nitrogens with zero attached hydrogens (tertiary/aromatic N) is 1. The van der Waals surface area contributed by atoms with Gasteiger partial charge in [0.2, 0.25) is 0 Å². The highest BCUT2D eigenvalue weighted by Crippen LogP contribution is 2.14. The molecule has 1 heterocycles. The lowest BCUT2D eigenvalue weighted by atomic mass is 10.2. The SMILES string of the molecule is N#Cc1ccsc1CC=O. The number of hydrogen-bond donors (Lipinski definition) is 0. The van der Waals surface area contributed by atoms with Gasteiger partial charge in [-0.15, -0.1) is 11.3 Å². The summed E-state index contributed by atoms with van der Waals surface area (Å²) in [5.41, 5.74) is 0.622. The third-order valence-electron chi connectivity index (χ3n) is 1.13. The first-order chi connectivity index (χ1) is 4.88. The Morgan fingerprint density at radius 2 is 2.60 bits per heavy atom. The first-order valence-electron chi connectivity index (χ1n) is 2.78. The Kier molecular flexibility index (Phi) is 2.19. The van der Waals surface area contributed by atoms with Crippen LogP contribution in [0.3, 0.4) is 0 Å². The first kappa shape index (κ1) is 6.97. The predicted octanol–water partition coefficient (Wildman–Crippen LogP) is 1.36. The molecule has 3 heteroatoms. The molecule has 0 fully saturated rings.